The fraction of sp³-hybridized carbons (Fsp3) is 0.438. The lowest BCUT2D eigenvalue weighted by Crippen LogP contribution is -2.38. The van der Waals surface area contributed by atoms with Crippen LogP contribution in [0.2, 0.25) is 5.02 Å². The Morgan fingerprint density at radius 2 is 2.10 bits per heavy atom. The van der Waals surface area contributed by atoms with E-state index < -0.39 is 0 Å². The molecule has 0 spiro atoms. The van der Waals surface area contributed by atoms with Crippen LogP contribution in [0.15, 0.2) is 30.5 Å². The molecule has 1 N–H and O–H groups in total. The standard InChI is InChI=1S/C16H20ClN3/c1-2-20-10-7-12(8-11-20)19-15-6-5-14(17)13-4-3-9-18-16(13)15/h3-6,9,12,19H,2,7-8,10-11H2,1H3. The van der Waals surface area contributed by atoms with E-state index in [9.17, 15) is 0 Å². The number of pyridine rings is 1. The summed E-state index contributed by atoms with van der Waals surface area (Å²) in [5, 5.41) is 5.43. The number of halogens is 1. The average Bonchev–Trinajstić information content (AvgIpc) is 2.51. The van der Waals surface area contributed by atoms with Gasteiger partial charge in [0.05, 0.1) is 16.2 Å². The predicted molar refractivity (Wildman–Crippen MR) is 85.5 cm³/mol. The zero-order valence-corrected chi connectivity index (χ0v) is 12.5. The number of aromatic nitrogens is 1. The van der Waals surface area contributed by atoms with Crippen molar-refractivity contribution in [1.29, 1.82) is 0 Å². The highest BCUT2D eigenvalue weighted by atomic mass is 35.5. The summed E-state index contributed by atoms with van der Waals surface area (Å²) >= 11 is 6.24. The summed E-state index contributed by atoms with van der Waals surface area (Å²) in [6.45, 7) is 5.72. The normalized spacial score (nSPS) is 17.5. The maximum absolute atomic E-state index is 6.24. The van der Waals surface area contributed by atoms with Gasteiger partial charge in [0.25, 0.3) is 0 Å². The Kier molecular flexibility index (Phi) is 4.08. The number of fused-ring (bicyclic) bond motifs is 1. The van der Waals surface area contributed by atoms with Gasteiger partial charge in [-0.1, -0.05) is 18.5 Å². The Morgan fingerprint density at radius 1 is 1.30 bits per heavy atom. The van der Waals surface area contributed by atoms with E-state index >= 15 is 0 Å². The summed E-state index contributed by atoms with van der Waals surface area (Å²) in [4.78, 5) is 6.98. The van der Waals surface area contributed by atoms with Crippen LogP contribution in [0.3, 0.4) is 0 Å². The zero-order valence-electron chi connectivity index (χ0n) is 11.8. The summed E-state index contributed by atoms with van der Waals surface area (Å²) in [7, 11) is 0. The smallest absolute Gasteiger partial charge is 0.0948 e. The van der Waals surface area contributed by atoms with Gasteiger partial charge in [-0.15, -0.1) is 0 Å². The lowest BCUT2D eigenvalue weighted by atomic mass is 10.0. The van der Waals surface area contributed by atoms with Crippen LogP contribution in [0.1, 0.15) is 19.8 Å². The number of hydrogen-bond acceptors (Lipinski definition) is 3. The third-order valence-corrected chi connectivity index (χ3v) is 4.44. The molecule has 2 aromatic rings. The first-order chi connectivity index (χ1) is 9.78. The predicted octanol–water partition coefficient (Wildman–Crippen LogP) is 3.78. The van der Waals surface area contributed by atoms with Gasteiger partial charge < -0.3 is 10.2 Å². The van der Waals surface area contributed by atoms with Gasteiger partial charge in [0.15, 0.2) is 0 Å². The van der Waals surface area contributed by atoms with Gasteiger partial charge >= 0.3 is 0 Å². The van der Waals surface area contributed by atoms with Crippen LogP contribution < -0.4 is 5.32 Å². The summed E-state index contributed by atoms with van der Waals surface area (Å²) in [6.07, 6.45) is 4.19. The van der Waals surface area contributed by atoms with Crippen molar-refractivity contribution in [3.8, 4) is 0 Å². The molecule has 1 aromatic heterocycles. The van der Waals surface area contributed by atoms with E-state index in [1.165, 1.54) is 25.9 Å². The molecule has 1 aliphatic heterocycles. The first-order valence-corrected chi connectivity index (χ1v) is 7.68. The second-order valence-corrected chi connectivity index (χ2v) is 5.75. The fourth-order valence-corrected chi connectivity index (χ4v) is 3.08. The number of nitrogens with one attached hydrogen (secondary N) is 1. The minimum Gasteiger partial charge on any atom is -0.380 e. The molecule has 0 radical (unpaired) electrons. The molecule has 1 fully saturated rings. The maximum Gasteiger partial charge on any atom is 0.0948 e. The average molecular weight is 290 g/mol. The molecule has 106 valence electrons. The number of benzene rings is 1. The third kappa shape index (κ3) is 2.74. The number of piperidine rings is 1. The summed E-state index contributed by atoms with van der Waals surface area (Å²) in [5.74, 6) is 0. The van der Waals surface area contributed by atoms with Crippen LogP contribution in [-0.4, -0.2) is 35.6 Å². The van der Waals surface area contributed by atoms with Gasteiger partial charge in [0.1, 0.15) is 0 Å². The van der Waals surface area contributed by atoms with Gasteiger partial charge in [-0.3, -0.25) is 4.98 Å². The van der Waals surface area contributed by atoms with Crippen LogP contribution in [0.25, 0.3) is 10.9 Å². The number of anilines is 1. The van der Waals surface area contributed by atoms with Gasteiger partial charge in [0, 0.05) is 30.7 Å². The van der Waals surface area contributed by atoms with Crippen LogP contribution in [0.5, 0.6) is 0 Å². The van der Waals surface area contributed by atoms with Crippen LogP contribution in [-0.2, 0) is 0 Å². The van der Waals surface area contributed by atoms with E-state index in [4.69, 9.17) is 11.6 Å². The van der Waals surface area contributed by atoms with E-state index in [1.807, 2.05) is 30.5 Å². The molecule has 0 aliphatic carbocycles. The Labute approximate surface area is 124 Å². The Balaban J connectivity index is 1.80. The molecule has 0 bridgehead atoms. The second kappa shape index (κ2) is 5.98. The van der Waals surface area contributed by atoms with Crippen LogP contribution in [0, 0.1) is 0 Å². The van der Waals surface area contributed by atoms with Crippen molar-refractivity contribution in [2.45, 2.75) is 25.8 Å². The summed E-state index contributed by atoms with van der Waals surface area (Å²) in [6, 6.07) is 8.48. The Morgan fingerprint density at radius 3 is 2.85 bits per heavy atom. The Hall–Kier alpha value is -1.32. The molecular formula is C16H20ClN3. The van der Waals surface area contributed by atoms with Gasteiger partial charge in [-0.25, -0.2) is 0 Å². The molecule has 20 heavy (non-hydrogen) atoms. The highest BCUT2D eigenvalue weighted by molar-refractivity contribution is 6.35. The van der Waals surface area contributed by atoms with Crippen LogP contribution >= 0.6 is 11.6 Å². The van der Waals surface area contributed by atoms with Crippen molar-refractivity contribution in [2.75, 3.05) is 25.0 Å². The van der Waals surface area contributed by atoms with E-state index in [2.05, 4.69) is 22.1 Å². The molecule has 1 aliphatic rings. The molecule has 2 heterocycles. The van der Waals surface area contributed by atoms with Gasteiger partial charge in [0.2, 0.25) is 0 Å². The molecule has 0 unspecified atom stereocenters. The van der Waals surface area contributed by atoms with Gasteiger partial charge in [-0.05, 0) is 43.7 Å². The fourth-order valence-electron chi connectivity index (χ4n) is 2.87. The van der Waals surface area contributed by atoms with E-state index in [1.54, 1.807) is 0 Å². The minimum absolute atomic E-state index is 0.532. The van der Waals surface area contributed by atoms with E-state index in [0.29, 0.717) is 6.04 Å². The SMILES string of the molecule is CCN1CCC(Nc2ccc(Cl)c3cccnc23)CC1. The highest BCUT2D eigenvalue weighted by Gasteiger charge is 2.18. The van der Waals surface area contributed by atoms with Crippen molar-refractivity contribution in [3.05, 3.63) is 35.5 Å². The first kappa shape index (κ1) is 13.7. The monoisotopic (exact) mass is 289 g/mol. The largest absolute Gasteiger partial charge is 0.380 e. The Bertz CT molecular complexity index is 591. The number of rotatable bonds is 3. The molecule has 0 saturated carbocycles. The number of hydrogen-bond donors (Lipinski definition) is 1. The quantitative estimate of drug-likeness (QED) is 0.932. The van der Waals surface area contributed by atoms with Crippen LogP contribution in [0.4, 0.5) is 5.69 Å². The van der Waals surface area contributed by atoms with Crippen molar-refractivity contribution in [2.24, 2.45) is 0 Å². The van der Waals surface area contributed by atoms with Crippen molar-refractivity contribution >= 4 is 28.2 Å². The number of likely N-dealkylation sites (tertiary alicyclic amines) is 1. The zero-order chi connectivity index (χ0) is 13.9. The molecule has 4 heteroatoms. The molecule has 1 aromatic carbocycles. The number of nitrogens with zero attached hydrogens (tertiary/aromatic N) is 2. The lowest BCUT2D eigenvalue weighted by molar-refractivity contribution is 0.229. The van der Waals surface area contributed by atoms with Crippen molar-refractivity contribution in [1.82, 2.24) is 9.88 Å². The topological polar surface area (TPSA) is 28.2 Å². The third-order valence-electron chi connectivity index (χ3n) is 4.11. The molecule has 3 rings (SSSR count). The van der Waals surface area contributed by atoms with E-state index in [-0.39, 0.29) is 0 Å². The minimum atomic E-state index is 0.532. The molecular weight excluding hydrogens is 270 g/mol. The lowest BCUT2D eigenvalue weighted by Gasteiger charge is -2.32. The molecule has 0 atom stereocenters. The highest BCUT2D eigenvalue weighted by Crippen LogP contribution is 2.29. The summed E-state index contributed by atoms with van der Waals surface area (Å²) in [5.41, 5.74) is 2.07. The molecule has 0 amide bonds. The molecule has 3 nitrogen and oxygen atoms in total. The first-order valence-electron chi connectivity index (χ1n) is 7.30. The second-order valence-electron chi connectivity index (χ2n) is 5.35. The van der Waals surface area contributed by atoms with E-state index in [0.717, 1.165) is 28.2 Å². The maximum atomic E-state index is 6.24. The van der Waals surface area contributed by atoms with Crippen molar-refractivity contribution < 1.29 is 0 Å². The van der Waals surface area contributed by atoms with Crippen molar-refractivity contribution in [3.63, 3.8) is 0 Å². The summed E-state index contributed by atoms with van der Waals surface area (Å²) < 4.78 is 0. The molecule has 1 saturated heterocycles. The van der Waals surface area contributed by atoms with Gasteiger partial charge in [-0.2, -0.15) is 0 Å².